The minimum Gasteiger partial charge on any atom is -0.480 e. The Bertz CT molecular complexity index is 505. The molecule has 0 aromatic heterocycles. The van der Waals surface area contributed by atoms with Crippen molar-refractivity contribution < 1.29 is 19.0 Å². The standard InChI is InChI=1S/C14H17BrFNO3/c1-9(13(18)17-8-14(19)5-2-6-14)20-12-4-3-10(16)7-11(12)15/h3-4,7,9,19H,2,5-6,8H2,1H3,(H,17,18). The summed E-state index contributed by atoms with van der Waals surface area (Å²) in [6, 6.07) is 4.00. The first-order valence-electron chi connectivity index (χ1n) is 6.51. The van der Waals surface area contributed by atoms with Crippen molar-refractivity contribution >= 4 is 21.8 Å². The molecule has 2 rings (SSSR count). The number of aliphatic hydroxyl groups is 1. The lowest BCUT2D eigenvalue weighted by atomic mass is 9.80. The summed E-state index contributed by atoms with van der Waals surface area (Å²) in [4.78, 5) is 11.9. The Balaban J connectivity index is 1.87. The average Bonchev–Trinajstić information content (AvgIpc) is 2.36. The van der Waals surface area contributed by atoms with E-state index >= 15 is 0 Å². The molecule has 1 atom stereocenters. The summed E-state index contributed by atoms with van der Waals surface area (Å²) in [6.07, 6.45) is 1.69. The Labute approximate surface area is 125 Å². The molecule has 1 saturated carbocycles. The predicted molar refractivity (Wildman–Crippen MR) is 76.0 cm³/mol. The largest absolute Gasteiger partial charge is 0.480 e. The zero-order valence-corrected chi connectivity index (χ0v) is 12.7. The maximum atomic E-state index is 12.9. The van der Waals surface area contributed by atoms with Crippen LogP contribution in [-0.4, -0.2) is 29.3 Å². The summed E-state index contributed by atoms with van der Waals surface area (Å²) in [5.74, 6) is -0.286. The lowest BCUT2D eigenvalue weighted by molar-refractivity contribution is -0.129. The lowest BCUT2D eigenvalue weighted by Crippen LogP contribution is -2.50. The Morgan fingerprint density at radius 2 is 2.30 bits per heavy atom. The average molecular weight is 346 g/mol. The highest BCUT2D eigenvalue weighted by Gasteiger charge is 2.35. The molecule has 1 aromatic rings. The van der Waals surface area contributed by atoms with E-state index in [1.807, 2.05) is 0 Å². The highest BCUT2D eigenvalue weighted by atomic mass is 79.9. The second-order valence-corrected chi connectivity index (χ2v) is 5.98. The highest BCUT2D eigenvalue weighted by molar-refractivity contribution is 9.10. The molecule has 1 fully saturated rings. The van der Waals surface area contributed by atoms with E-state index in [0.29, 0.717) is 23.1 Å². The van der Waals surface area contributed by atoms with Crippen LogP contribution in [0.2, 0.25) is 0 Å². The SMILES string of the molecule is CC(Oc1ccc(F)cc1Br)C(=O)NCC1(O)CCC1. The third-order valence-corrected chi connectivity index (χ3v) is 4.06. The molecule has 0 heterocycles. The van der Waals surface area contributed by atoms with Crippen LogP contribution in [0.15, 0.2) is 22.7 Å². The first-order chi connectivity index (χ1) is 9.39. The van der Waals surface area contributed by atoms with Gasteiger partial charge in [0.1, 0.15) is 11.6 Å². The van der Waals surface area contributed by atoms with Gasteiger partial charge < -0.3 is 15.2 Å². The topological polar surface area (TPSA) is 58.6 Å². The number of ether oxygens (including phenoxy) is 1. The van der Waals surface area contributed by atoms with Crippen LogP contribution < -0.4 is 10.1 Å². The lowest BCUT2D eigenvalue weighted by Gasteiger charge is -2.36. The molecule has 1 aliphatic rings. The third kappa shape index (κ3) is 3.70. The van der Waals surface area contributed by atoms with Crippen LogP contribution in [0.25, 0.3) is 0 Å². The van der Waals surface area contributed by atoms with Gasteiger partial charge in [-0.3, -0.25) is 4.79 Å². The van der Waals surface area contributed by atoms with Crippen molar-refractivity contribution in [2.24, 2.45) is 0 Å². The van der Waals surface area contributed by atoms with Crippen molar-refractivity contribution in [1.82, 2.24) is 5.32 Å². The molecule has 0 radical (unpaired) electrons. The molecule has 1 amide bonds. The maximum Gasteiger partial charge on any atom is 0.260 e. The van der Waals surface area contributed by atoms with Crippen molar-refractivity contribution in [3.05, 3.63) is 28.5 Å². The first-order valence-corrected chi connectivity index (χ1v) is 7.31. The molecule has 0 spiro atoms. The van der Waals surface area contributed by atoms with Gasteiger partial charge in [-0.1, -0.05) is 0 Å². The monoisotopic (exact) mass is 345 g/mol. The number of rotatable bonds is 5. The summed E-state index contributed by atoms with van der Waals surface area (Å²) in [6.45, 7) is 1.85. The Kier molecular flexibility index (Phi) is 4.65. The van der Waals surface area contributed by atoms with Gasteiger partial charge in [0.05, 0.1) is 10.1 Å². The molecule has 1 aliphatic carbocycles. The second kappa shape index (κ2) is 6.10. The Hall–Kier alpha value is -1.14. The summed E-state index contributed by atoms with van der Waals surface area (Å²) in [5.41, 5.74) is -0.758. The number of amides is 1. The van der Waals surface area contributed by atoms with Crippen molar-refractivity contribution in [1.29, 1.82) is 0 Å². The predicted octanol–water partition coefficient (Wildman–Crippen LogP) is 2.39. The summed E-state index contributed by atoms with van der Waals surface area (Å²) < 4.78 is 18.9. The number of nitrogens with one attached hydrogen (secondary N) is 1. The van der Waals surface area contributed by atoms with Crippen molar-refractivity contribution in [3.63, 3.8) is 0 Å². The number of carbonyl (C=O) groups excluding carboxylic acids is 1. The van der Waals surface area contributed by atoms with Crippen LogP contribution in [0.1, 0.15) is 26.2 Å². The van der Waals surface area contributed by atoms with Gasteiger partial charge in [-0.2, -0.15) is 0 Å². The fourth-order valence-electron chi connectivity index (χ4n) is 1.97. The highest BCUT2D eigenvalue weighted by Crippen LogP contribution is 2.30. The second-order valence-electron chi connectivity index (χ2n) is 5.13. The van der Waals surface area contributed by atoms with Gasteiger partial charge in [-0.15, -0.1) is 0 Å². The number of hydrogen-bond acceptors (Lipinski definition) is 3. The van der Waals surface area contributed by atoms with E-state index < -0.39 is 11.7 Å². The fourth-order valence-corrected chi connectivity index (χ4v) is 2.42. The number of carbonyl (C=O) groups is 1. The molecule has 2 N–H and O–H groups in total. The van der Waals surface area contributed by atoms with Gasteiger partial charge in [0.15, 0.2) is 6.10 Å². The van der Waals surface area contributed by atoms with Crippen LogP contribution in [0.3, 0.4) is 0 Å². The van der Waals surface area contributed by atoms with E-state index in [0.717, 1.165) is 6.42 Å². The van der Waals surface area contributed by atoms with E-state index in [4.69, 9.17) is 4.74 Å². The van der Waals surface area contributed by atoms with Crippen molar-refractivity contribution in [2.45, 2.75) is 37.9 Å². The fraction of sp³-hybridized carbons (Fsp3) is 0.500. The minimum atomic E-state index is -0.758. The molecule has 0 saturated heterocycles. The first kappa shape index (κ1) is 15.3. The van der Waals surface area contributed by atoms with E-state index in [2.05, 4.69) is 21.2 Å². The van der Waals surface area contributed by atoms with E-state index in [1.165, 1.54) is 18.2 Å². The molecule has 6 heteroatoms. The molecule has 0 aliphatic heterocycles. The molecule has 1 aromatic carbocycles. The summed E-state index contributed by atoms with van der Waals surface area (Å²) in [5, 5.41) is 12.6. The molecule has 110 valence electrons. The summed E-state index contributed by atoms with van der Waals surface area (Å²) >= 11 is 3.18. The number of halogens is 2. The van der Waals surface area contributed by atoms with Crippen LogP contribution in [-0.2, 0) is 4.79 Å². The molecule has 20 heavy (non-hydrogen) atoms. The summed E-state index contributed by atoms with van der Waals surface area (Å²) in [7, 11) is 0. The molecular formula is C14H17BrFNO3. The zero-order chi connectivity index (χ0) is 14.8. The van der Waals surface area contributed by atoms with Gasteiger partial charge in [0, 0.05) is 6.54 Å². The molecule has 0 bridgehead atoms. The normalized spacial score (nSPS) is 18.0. The van der Waals surface area contributed by atoms with Crippen LogP contribution >= 0.6 is 15.9 Å². The third-order valence-electron chi connectivity index (χ3n) is 3.44. The van der Waals surface area contributed by atoms with Crippen molar-refractivity contribution in [2.75, 3.05) is 6.54 Å². The van der Waals surface area contributed by atoms with E-state index in [-0.39, 0.29) is 18.3 Å². The van der Waals surface area contributed by atoms with Crippen LogP contribution in [0.5, 0.6) is 5.75 Å². The van der Waals surface area contributed by atoms with E-state index in [1.54, 1.807) is 6.92 Å². The molecule has 1 unspecified atom stereocenters. The minimum absolute atomic E-state index is 0.240. The quantitative estimate of drug-likeness (QED) is 0.861. The Morgan fingerprint density at radius 3 is 2.85 bits per heavy atom. The maximum absolute atomic E-state index is 12.9. The van der Waals surface area contributed by atoms with E-state index in [9.17, 15) is 14.3 Å². The van der Waals surface area contributed by atoms with Crippen molar-refractivity contribution in [3.8, 4) is 5.75 Å². The van der Waals surface area contributed by atoms with Gasteiger partial charge in [-0.05, 0) is 60.3 Å². The molecular weight excluding hydrogens is 329 g/mol. The molecule has 4 nitrogen and oxygen atoms in total. The van der Waals surface area contributed by atoms with Gasteiger partial charge in [0.25, 0.3) is 5.91 Å². The van der Waals surface area contributed by atoms with Gasteiger partial charge >= 0.3 is 0 Å². The van der Waals surface area contributed by atoms with Crippen LogP contribution in [0, 0.1) is 5.82 Å². The Morgan fingerprint density at radius 1 is 1.60 bits per heavy atom. The number of benzene rings is 1. The zero-order valence-electron chi connectivity index (χ0n) is 11.2. The smallest absolute Gasteiger partial charge is 0.260 e. The van der Waals surface area contributed by atoms with Crippen LogP contribution in [0.4, 0.5) is 4.39 Å². The number of hydrogen-bond donors (Lipinski definition) is 2. The van der Waals surface area contributed by atoms with Gasteiger partial charge in [0.2, 0.25) is 0 Å². The van der Waals surface area contributed by atoms with Gasteiger partial charge in [-0.25, -0.2) is 4.39 Å².